The van der Waals surface area contributed by atoms with E-state index in [2.05, 4.69) is 0 Å². The van der Waals surface area contributed by atoms with Gasteiger partial charge in [-0.2, -0.15) is 0 Å². The molecule has 1 aromatic carbocycles. The molecule has 18 heavy (non-hydrogen) atoms. The summed E-state index contributed by atoms with van der Waals surface area (Å²) in [6, 6.07) is 4.88. The summed E-state index contributed by atoms with van der Waals surface area (Å²) in [4.78, 5) is 11.6. The van der Waals surface area contributed by atoms with Crippen molar-refractivity contribution < 1.29 is 22.7 Å². The summed E-state index contributed by atoms with van der Waals surface area (Å²) >= 11 is 0. The second-order valence-electron chi connectivity index (χ2n) is 4.86. The van der Waals surface area contributed by atoms with Crippen molar-refractivity contribution >= 4 is 5.97 Å². The van der Waals surface area contributed by atoms with Crippen molar-refractivity contribution in [3.63, 3.8) is 0 Å². The first-order chi connectivity index (χ1) is 8.20. The van der Waals surface area contributed by atoms with E-state index in [9.17, 15) is 18.0 Å². The van der Waals surface area contributed by atoms with E-state index >= 15 is 0 Å². The minimum absolute atomic E-state index is 0.155. The molecular formula is C13H15F3O2. The molecule has 100 valence electrons. The lowest BCUT2D eigenvalue weighted by Gasteiger charge is -2.19. The molecule has 0 aliphatic carbocycles. The molecule has 0 N–H and O–H groups in total. The Kier molecular flexibility index (Phi) is 4.38. The number of halogens is 3. The molecule has 0 bridgehead atoms. The monoisotopic (exact) mass is 260 g/mol. The van der Waals surface area contributed by atoms with E-state index in [0.29, 0.717) is 0 Å². The van der Waals surface area contributed by atoms with Crippen molar-refractivity contribution in [3.05, 3.63) is 35.4 Å². The summed E-state index contributed by atoms with van der Waals surface area (Å²) in [5.74, 6) is -0.568. The van der Waals surface area contributed by atoms with Crippen molar-refractivity contribution in [2.45, 2.75) is 39.0 Å². The van der Waals surface area contributed by atoms with E-state index in [4.69, 9.17) is 4.74 Å². The number of carbonyl (C=O) groups is 1. The molecule has 0 aliphatic heterocycles. The molecule has 0 aliphatic rings. The second kappa shape index (κ2) is 5.42. The molecule has 0 heterocycles. The molecule has 0 aromatic heterocycles. The van der Waals surface area contributed by atoms with E-state index in [1.165, 1.54) is 12.1 Å². The minimum Gasteiger partial charge on any atom is -0.456 e. The Bertz CT molecular complexity index is 407. The van der Waals surface area contributed by atoms with Gasteiger partial charge in [-0.1, -0.05) is 12.1 Å². The van der Waals surface area contributed by atoms with E-state index < -0.39 is 24.2 Å². The second-order valence-corrected chi connectivity index (χ2v) is 4.86. The van der Waals surface area contributed by atoms with Crippen LogP contribution in [0.2, 0.25) is 0 Å². The average Bonchev–Trinajstić information content (AvgIpc) is 2.26. The summed E-state index contributed by atoms with van der Waals surface area (Å²) in [6.07, 6.45) is -5.41. The van der Waals surface area contributed by atoms with E-state index in [1.54, 1.807) is 20.8 Å². The topological polar surface area (TPSA) is 26.3 Å². The highest BCUT2D eigenvalue weighted by Crippen LogP contribution is 2.25. The zero-order valence-electron chi connectivity index (χ0n) is 10.4. The molecular weight excluding hydrogens is 245 g/mol. The molecule has 0 saturated heterocycles. The van der Waals surface area contributed by atoms with E-state index in [1.807, 2.05) is 0 Å². The van der Waals surface area contributed by atoms with Gasteiger partial charge in [0.1, 0.15) is 5.60 Å². The van der Waals surface area contributed by atoms with Crippen LogP contribution in [0, 0.1) is 0 Å². The van der Waals surface area contributed by atoms with E-state index in [-0.39, 0.29) is 11.1 Å². The Balaban J connectivity index is 2.80. The lowest BCUT2D eigenvalue weighted by molar-refractivity contribution is 0.00694. The molecule has 1 unspecified atom stereocenters. The van der Waals surface area contributed by atoms with E-state index in [0.717, 1.165) is 12.1 Å². The Morgan fingerprint density at radius 3 is 2.00 bits per heavy atom. The van der Waals surface area contributed by atoms with Crippen molar-refractivity contribution in [3.8, 4) is 0 Å². The van der Waals surface area contributed by atoms with Crippen LogP contribution in [0.4, 0.5) is 13.2 Å². The minimum atomic E-state index is -3.07. The SMILES string of the molecule is CC(C)(C)OC(=O)c1ccc(C(F)C(F)F)cc1. The van der Waals surface area contributed by atoms with Crippen LogP contribution in [0.5, 0.6) is 0 Å². The van der Waals surface area contributed by atoms with Crippen LogP contribution >= 0.6 is 0 Å². The maximum atomic E-state index is 13.0. The van der Waals surface area contributed by atoms with Gasteiger partial charge in [-0.15, -0.1) is 0 Å². The number of ether oxygens (including phenoxy) is 1. The van der Waals surface area contributed by atoms with Gasteiger partial charge in [-0.25, -0.2) is 18.0 Å². The summed E-state index contributed by atoms with van der Waals surface area (Å²) in [5.41, 5.74) is -0.589. The first kappa shape index (κ1) is 14.5. The molecule has 1 rings (SSSR count). The standard InChI is InChI=1S/C13H15F3O2/c1-13(2,3)18-12(17)9-6-4-8(5-7-9)10(14)11(15)16/h4-7,10-11H,1-3H3. The lowest BCUT2D eigenvalue weighted by atomic mass is 10.1. The smallest absolute Gasteiger partial charge is 0.338 e. The molecule has 0 saturated carbocycles. The Hall–Kier alpha value is -1.52. The Labute approximate surface area is 104 Å². The van der Waals surface area contributed by atoms with Crippen LogP contribution in [0.15, 0.2) is 24.3 Å². The number of carbonyl (C=O) groups excluding carboxylic acids is 1. The Morgan fingerprint density at radius 2 is 1.61 bits per heavy atom. The largest absolute Gasteiger partial charge is 0.456 e. The summed E-state index contributed by atoms with van der Waals surface area (Å²) in [5, 5.41) is 0. The fourth-order valence-corrected chi connectivity index (χ4v) is 1.29. The van der Waals surface area contributed by atoms with Gasteiger partial charge in [0.05, 0.1) is 5.56 Å². The first-order valence-corrected chi connectivity index (χ1v) is 5.46. The van der Waals surface area contributed by atoms with Crippen molar-refractivity contribution in [2.24, 2.45) is 0 Å². The number of benzene rings is 1. The predicted octanol–water partition coefficient (Wildman–Crippen LogP) is 3.92. The maximum absolute atomic E-state index is 13.0. The maximum Gasteiger partial charge on any atom is 0.338 e. The van der Waals surface area contributed by atoms with Crippen LogP contribution < -0.4 is 0 Å². The van der Waals surface area contributed by atoms with Gasteiger partial charge >= 0.3 is 5.97 Å². The normalized spacial score (nSPS) is 13.5. The van der Waals surface area contributed by atoms with Gasteiger partial charge in [-0.3, -0.25) is 0 Å². The van der Waals surface area contributed by atoms with Crippen molar-refractivity contribution in [1.29, 1.82) is 0 Å². The van der Waals surface area contributed by atoms with Gasteiger partial charge in [0.2, 0.25) is 0 Å². The Morgan fingerprint density at radius 1 is 1.11 bits per heavy atom. The quantitative estimate of drug-likeness (QED) is 0.770. The van der Waals surface area contributed by atoms with Crippen LogP contribution in [0.3, 0.4) is 0 Å². The van der Waals surface area contributed by atoms with Crippen LogP contribution in [-0.2, 0) is 4.74 Å². The number of esters is 1. The molecule has 0 amide bonds. The summed E-state index contributed by atoms with van der Waals surface area (Å²) in [7, 11) is 0. The summed E-state index contributed by atoms with van der Waals surface area (Å²) < 4.78 is 42.3. The molecule has 0 spiro atoms. The predicted molar refractivity (Wildman–Crippen MR) is 61.5 cm³/mol. The van der Waals surface area contributed by atoms with Gasteiger partial charge in [0, 0.05) is 0 Å². The van der Waals surface area contributed by atoms with Gasteiger partial charge in [0.15, 0.2) is 6.17 Å². The third-order valence-electron chi connectivity index (χ3n) is 2.08. The lowest BCUT2D eigenvalue weighted by Crippen LogP contribution is -2.23. The van der Waals surface area contributed by atoms with Crippen molar-refractivity contribution in [2.75, 3.05) is 0 Å². The average molecular weight is 260 g/mol. The molecule has 2 nitrogen and oxygen atoms in total. The molecule has 5 heteroatoms. The number of alkyl halides is 3. The fraction of sp³-hybridized carbons (Fsp3) is 0.462. The highest BCUT2D eigenvalue weighted by molar-refractivity contribution is 5.89. The summed E-state index contributed by atoms with van der Waals surface area (Å²) in [6.45, 7) is 5.15. The van der Waals surface area contributed by atoms with Gasteiger partial charge in [-0.05, 0) is 38.5 Å². The third kappa shape index (κ3) is 4.05. The zero-order chi connectivity index (χ0) is 13.9. The van der Waals surface area contributed by atoms with Crippen LogP contribution in [0.1, 0.15) is 42.9 Å². The van der Waals surface area contributed by atoms with Gasteiger partial charge in [0.25, 0.3) is 6.43 Å². The van der Waals surface area contributed by atoms with Crippen LogP contribution in [-0.4, -0.2) is 18.0 Å². The highest BCUT2D eigenvalue weighted by Gasteiger charge is 2.22. The molecule has 0 fully saturated rings. The number of rotatable bonds is 3. The molecule has 1 aromatic rings. The highest BCUT2D eigenvalue weighted by atomic mass is 19.3. The number of hydrogen-bond donors (Lipinski definition) is 0. The third-order valence-corrected chi connectivity index (χ3v) is 2.08. The number of hydrogen-bond acceptors (Lipinski definition) is 2. The van der Waals surface area contributed by atoms with Gasteiger partial charge < -0.3 is 4.74 Å². The fourth-order valence-electron chi connectivity index (χ4n) is 1.29. The first-order valence-electron chi connectivity index (χ1n) is 5.46. The van der Waals surface area contributed by atoms with Crippen LogP contribution in [0.25, 0.3) is 0 Å². The zero-order valence-corrected chi connectivity index (χ0v) is 10.4. The molecule has 0 radical (unpaired) electrons. The molecule has 1 atom stereocenters. The van der Waals surface area contributed by atoms with Crippen molar-refractivity contribution in [1.82, 2.24) is 0 Å².